The number of carbonyl (C=O) groups excluding carboxylic acids is 2. The second-order valence-electron chi connectivity index (χ2n) is 3.74. The first-order valence-electron chi connectivity index (χ1n) is 5.71. The van der Waals surface area contributed by atoms with Gasteiger partial charge in [0.15, 0.2) is 0 Å². The molecule has 1 rings (SSSR count). The van der Waals surface area contributed by atoms with Crippen molar-refractivity contribution in [3.05, 3.63) is 41.4 Å². The van der Waals surface area contributed by atoms with Crippen LogP contribution in [0.1, 0.15) is 10.4 Å². The lowest BCUT2D eigenvalue weighted by molar-refractivity contribution is -0.115. The number of nitrogens with one attached hydrogen (secondary N) is 3. The van der Waals surface area contributed by atoms with Crippen LogP contribution < -0.4 is 16.0 Å². The number of hydrogen-bond donors (Lipinski definition) is 3. The minimum atomic E-state index is -0.300. The molecule has 0 aliphatic carbocycles. The Bertz CT molecular complexity index is 489. The van der Waals surface area contributed by atoms with Crippen LogP contribution in [0.2, 0.25) is 5.02 Å². The average Bonchev–Trinajstić information content (AvgIpc) is 2.40. The van der Waals surface area contributed by atoms with Gasteiger partial charge in [-0.1, -0.05) is 17.7 Å². The van der Waals surface area contributed by atoms with E-state index in [0.717, 1.165) is 0 Å². The molecule has 0 saturated heterocycles. The summed E-state index contributed by atoms with van der Waals surface area (Å²) in [5.41, 5.74) is 0.842. The van der Waals surface area contributed by atoms with E-state index in [0.29, 0.717) is 22.8 Å². The lowest BCUT2D eigenvalue weighted by Gasteiger charge is -2.08. The molecule has 5 nitrogen and oxygen atoms in total. The van der Waals surface area contributed by atoms with E-state index in [1.807, 2.05) is 0 Å². The van der Waals surface area contributed by atoms with E-state index in [2.05, 4.69) is 22.5 Å². The Hall–Kier alpha value is -1.85. The van der Waals surface area contributed by atoms with Gasteiger partial charge >= 0.3 is 0 Å². The molecule has 2 amide bonds. The number of amides is 2. The molecule has 0 aliphatic heterocycles. The number of carbonyl (C=O) groups is 2. The van der Waals surface area contributed by atoms with Crippen LogP contribution in [0.25, 0.3) is 0 Å². The molecule has 0 atom stereocenters. The fraction of sp³-hybridized carbons (Fsp3) is 0.231. The number of halogens is 1. The van der Waals surface area contributed by atoms with Crippen molar-refractivity contribution in [3.8, 4) is 0 Å². The third kappa shape index (κ3) is 4.73. The summed E-state index contributed by atoms with van der Waals surface area (Å²) in [7, 11) is 1.52. The maximum atomic E-state index is 11.6. The average molecular weight is 282 g/mol. The fourth-order valence-electron chi connectivity index (χ4n) is 1.40. The fourth-order valence-corrected chi connectivity index (χ4v) is 1.61. The summed E-state index contributed by atoms with van der Waals surface area (Å²) in [6.07, 6.45) is 1.67. The van der Waals surface area contributed by atoms with Gasteiger partial charge in [-0.05, 0) is 18.2 Å². The zero-order chi connectivity index (χ0) is 14.3. The first-order chi connectivity index (χ1) is 9.08. The predicted octanol–water partition coefficient (Wildman–Crippen LogP) is 1.41. The predicted molar refractivity (Wildman–Crippen MR) is 76.5 cm³/mol. The maximum absolute atomic E-state index is 11.6. The Labute approximate surface area is 117 Å². The summed E-state index contributed by atoms with van der Waals surface area (Å²) in [5.74, 6) is -0.502. The van der Waals surface area contributed by atoms with Gasteiger partial charge in [-0.2, -0.15) is 0 Å². The van der Waals surface area contributed by atoms with Crippen LogP contribution in [0.15, 0.2) is 30.9 Å². The molecule has 0 fully saturated rings. The zero-order valence-electron chi connectivity index (χ0n) is 10.6. The summed E-state index contributed by atoms with van der Waals surface area (Å²) in [5, 5.41) is 8.37. The van der Waals surface area contributed by atoms with Crippen LogP contribution in [0.4, 0.5) is 5.69 Å². The highest BCUT2D eigenvalue weighted by Gasteiger charge is 2.10. The van der Waals surface area contributed by atoms with E-state index < -0.39 is 0 Å². The van der Waals surface area contributed by atoms with Crippen LogP contribution in [0.5, 0.6) is 0 Å². The second kappa shape index (κ2) is 7.56. The van der Waals surface area contributed by atoms with Gasteiger partial charge in [0, 0.05) is 19.3 Å². The molecule has 0 spiro atoms. The summed E-state index contributed by atoms with van der Waals surface area (Å²) < 4.78 is 0. The number of hydrogen-bond acceptors (Lipinski definition) is 3. The lowest BCUT2D eigenvalue weighted by atomic mass is 10.2. The topological polar surface area (TPSA) is 70.2 Å². The molecular formula is C13H16ClN3O2. The van der Waals surface area contributed by atoms with Crippen molar-refractivity contribution in [2.45, 2.75) is 0 Å². The molecule has 0 radical (unpaired) electrons. The summed E-state index contributed by atoms with van der Waals surface area (Å²) in [6.45, 7) is 4.26. The first kappa shape index (κ1) is 15.2. The van der Waals surface area contributed by atoms with E-state index in [4.69, 9.17) is 11.6 Å². The van der Waals surface area contributed by atoms with Gasteiger partial charge in [0.1, 0.15) is 0 Å². The SMILES string of the molecule is C=CCNCC(=O)Nc1ccc(Cl)c(C(=O)NC)c1. The van der Waals surface area contributed by atoms with Gasteiger partial charge in [-0.15, -0.1) is 6.58 Å². The van der Waals surface area contributed by atoms with Crippen molar-refractivity contribution < 1.29 is 9.59 Å². The third-order valence-corrected chi connectivity index (χ3v) is 2.63. The van der Waals surface area contributed by atoms with Gasteiger partial charge in [-0.3, -0.25) is 9.59 Å². The van der Waals surface area contributed by atoms with E-state index >= 15 is 0 Å². The Kier molecular flexibility index (Phi) is 6.05. The largest absolute Gasteiger partial charge is 0.355 e. The van der Waals surface area contributed by atoms with Crippen molar-refractivity contribution in [2.24, 2.45) is 0 Å². The van der Waals surface area contributed by atoms with Crippen molar-refractivity contribution in [1.82, 2.24) is 10.6 Å². The van der Waals surface area contributed by atoms with Crippen LogP contribution in [-0.2, 0) is 4.79 Å². The van der Waals surface area contributed by atoms with Crippen molar-refractivity contribution in [1.29, 1.82) is 0 Å². The smallest absolute Gasteiger partial charge is 0.252 e. The quantitative estimate of drug-likeness (QED) is 0.545. The van der Waals surface area contributed by atoms with E-state index in [1.54, 1.807) is 18.2 Å². The van der Waals surface area contributed by atoms with Gasteiger partial charge < -0.3 is 16.0 Å². The molecule has 3 N–H and O–H groups in total. The Morgan fingerprint density at radius 3 is 2.79 bits per heavy atom. The molecule has 1 aromatic carbocycles. The molecular weight excluding hydrogens is 266 g/mol. The van der Waals surface area contributed by atoms with Crippen LogP contribution in [-0.4, -0.2) is 32.0 Å². The molecule has 0 saturated carbocycles. The highest BCUT2D eigenvalue weighted by molar-refractivity contribution is 6.34. The number of rotatable bonds is 6. The highest BCUT2D eigenvalue weighted by atomic mass is 35.5. The molecule has 102 valence electrons. The molecule has 0 bridgehead atoms. The first-order valence-corrected chi connectivity index (χ1v) is 6.09. The minimum absolute atomic E-state index is 0.171. The summed E-state index contributed by atoms with van der Waals surface area (Å²) in [4.78, 5) is 23.1. The van der Waals surface area contributed by atoms with Gasteiger partial charge in [-0.25, -0.2) is 0 Å². The molecule has 0 unspecified atom stereocenters. The lowest BCUT2D eigenvalue weighted by Crippen LogP contribution is -2.28. The Balaban J connectivity index is 2.71. The Morgan fingerprint density at radius 1 is 1.42 bits per heavy atom. The van der Waals surface area contributed by atoms with Crippen molar-refractivity contribution >= 4 is 29.1 Å². The van der Waals surface area contributed by atoms with E-state index in [-0.39, 0.29) is 18.4 Å². The van der Waals surface area contributed by atoms with E-state index in [1.165, 1.54) is 13.1 Å². The minimum Gasteiger partial charge on any atom is -0.355 e. The zero-order valence-corrected chi connectivity index (χ0v) is 11.4. The van der Waals surface area contributed by atoms with Gasteiger partial charge in [0.05, 0.1) is 17.1 Å². The van der Waals surface area contributed by atoms with Crippen LogP contribution in [0.3, 0.4) is 0 Å². The Morgan fingerprint density at radius 2 is 2.16 bits per heavy atom. The van der Waals surface area contributed by atoms with Crippen LogP contribution in [0, 0.1) is 0 Å². The number of benzene rings is 1. The molecule has 6 heteroatoms. The second-order valence-corrected chi connectivity index (χ2v) is 4.15. The third-order valence-electron chi connectivity index (χ3n) is 2.30. The van der Waals surface area contributed by atoms with Crippen molar-refractivity contribution in [3.63, 3.8) is 0 Å². The molecule has 0 aromatic heterocycles. The molecule has 19 heavy (non-hydrogen) atoms. The monoisotopic (exact) mass is 281 g/mol. The normalized spacial score (nSPS) is 9.79. The van der Waals surface area contributed by atoms with E-state index in [9.17, 15) is 9.59 Å². The highest BCUT2D eigenvalue weighted by Crippen LogP contribution is 2.20. The molecule has 0 aliphatic rings. The van der Waals surface area contributed by atoms with Gasteiger partial charge in [0.2, 0.25) is 5.91 Å². The molecule has 0 heterocycles. The standard InChI is InChI=1S/C13H16ClN3O2/c1-3-6-16-8-12(18)17-9-4-5-11(14)10(7-9)13(19)15-2/h3-5,7,16H,1,6,8H2,2H3,(H,15,19)(H,17,18). The number of anilines is 1. The molecule has 1 aromatic rings. The summed E-state index contributed by atoms with van der Waals surface area (Å²) >= 11 is 5.91. The van der Waals surface area contributed by atoms with Gasteiger partial charge in [0.25, 0.3) is 5.91 Å². The van der Waals surface area contributed by atoms with Crippen molar-refractivity contribution in [2.75, 3.05) is 25.5 Å². The summed E-state index contributed by atoms with van der Waals surface area (Å²) in [6, 6.07) is 4.74. The maximum Gasteiger partial charge on any atom is 0.252 e. The van der Waals surface area contributed by atoms with Crippen LogP contribution >= 0.6 is 11.6 Å².